The van der Waals surface area contributed by atoms with Crippen LogP contribution in [0.25, 0.3) is 0 Å². The first-order valence-electron chi connectivity index (χ1n) is 9.56. The molecule has 2 N–H and O–H groups in total. The molecular formula is C22H30IN3O. The predicted molar refractivity (Wildman–Crippen MR) is 123 cm³/mol. The van der Waals surface area contributed by atoms with Crippen molar-refractivity contribution in [3.05, 3.63) is 71.8 Å². The highest BCUT2D eigenvalue weighted by molar-refractivity contribution is 14.0. The number of hydrogen-bond acceptors (Lipinski definition) is 2. The van der Waals surface area contributed by atoms with E-state index in [4.69, 9.17) is 4.99 Å². The van der Waals surface area contributed by atoms with E-state index in [2.05, 4.69) is 47.5 Å². The van der Waals surface area contributed by atoms with Crippen molar-refractivity contribution in [2.75, 3.05) is 26.2 Å². The number of guanidine groups is 1. The van der Waals surface area contributed by atoms with E-state index in [9.17, 15) is 5.11 Å². The zero-order chi connectivity index (χ0) is 18.2. The lowest BCUT2D eigenvalue weighted by atomic mass is 9.99. The minimum Gasteiger partial charge on any atom is -0.391 e. The average molecular weight is 479 g/mol. The third-order valence-electron chi connectivity index (χ3n) is 4.86. The SMILES string of the molecule is CCNC(=NCC(O)Cc1ccccc1)N1CCC(c2ccccc2)C1.I. The first kappa shape index (κ1) is 21.7. The van der Waals surface area contributed by atoms with Crippen LogP contribution in [0.3, 0.4) is 0 Å². The van der Waals surface area contributed by atoms with Crippen molar-refractivity contribution in [3.8, 4) is 0 Å². The van der Waals surface area contributed by atoms with E-state index in [0.29, 0.717) is 18.9 Å². The summed E-state index contributed by atoms with van der Waals surface area (Å²) in [5.41, 5.74) is 2.54. The Balaban J connectivity index is 0.00000261. The molecule has 1 aliphatic heterocycles. The molecule has 2 unspecified atom stereocenters. The van der Waals surface area contributed by atoms with Crippen LogP contribution < -0.4 is 5.32 Å². The van der Waals surface area contributed by atoms with E-state index in [1.807, 2.05) is 30.3 Å². The number of aliphatic hydroxyl groups excluding tert-OH is 1. The molecule has 2 aromatic rings. The van der Waals surface area contributed by atoms with Gasteiger partial charge in [0.25, 0.3) is 0 Å². The second-order valence-electron chi connectivity index (χ2n) is 6.88. The predicted octanol–water partition coefficient (Wildman–Crippen LogP) is 3.66. The third kappa shape index (κ3) is 6.50. The molecule has 1 heterocycles. The summed E-state index contributed by atoms with van der Waals surface area (Å²) < 4.78 is 0. The minimum absolute atomic E-state index is 0. The van der Waals surface area contributed by atoms with Gasteiger partial charge >= 0.3 is 0 Å². The van der Waals surface area contributed by atoms with E-state index in [-0.39, 0.29) is 24.0 Å². The summed E-state index contributed by atoms with van der Waals surface area (Å²) in [6.07, 6.45) is 1.32. The fourth-order valence-electron chi connectivity index (χ4n) is 3.52. The summed E-state index contributed by atoms with van der Waals surface area (Å²) in [7, 11) is 0. The second kappa shape index (κ2) is 11.3. The number of aliphatic hydroxyl groups is 1. The van der Waals surface area contributed by atoms with Crippen LogP contribution in [0.1, 0.15) is 30.4 Å². The van der Waals surface area contributed by atoms with Crippen LogP contribution in [-0.4, -0.2) is 48.2 Å². The molecule has 0 aliphatic carbocycles. The summed E-state index contributed by atoms with van der Waals surface area (Å²) in [5.74, 6) is 1.47. The highest BCUT2D eigenvalue weighted by atomic mass is 127. The summed E-state index contributed by atoms with van der Waals surface area (Å²) in [6.45, 7) is 5.31. The average Bonchev–Trinajstić information content (AvgIpc) is 3.17. The largest absolute Gasteiger partial charge is 0.391 e. The number of nitrogens with zero attached hydrogens (tertiary/aromatic N) is 2. The van der Waals surface area contributed by atoms with Crippen LogP contribution >= 0.6 is 24.0 Å². The topological polar surface area (TPSA) is 47.9 Å². The Morgan fingerprint density at radius 3 is 2.48 bits per heavy atom. The number of benzene rings is 2. The van der Waals surface area contributed by atoms with Gasteiger partial charge in [-0.1, -0.05) is 60.7 Å². The van der Waals surface area contributed by atoms with Gasteiger partial charge in [-0.15, -0.1) is 24.0 Å². The molecule has 0 aromatic heterocycles. The normalized spacial score (nSPS) is 18.1. The Morgan fingerprint density at radius 2 is 1.81 bits per heavy atom. The van der Waals surface area contributed by atoms with E-state index in [1.165, 1.54) is 5.56 Å². The summed E-state index contributed by atoms with van der Waals surface area (Å²) in [5, 5.41) is 13.7. The molecule has 5 heteroatoms. The quantitative estimate of drug-likeness (QED) is 0.378. The third-order valence-corrected chi connectivity index (χ3v) is 4.86. The Bertz CT molecular complexity index is 693. The van der Waals surface area contributed by atoms with Gasteiger partial charge in [-0.25, -0.2) is 0 Å². The molecule has 0 saturated carbocycles. The van der Waals surface area contributed by atoms with Gasteiger partial charge in [-0.3, -0.25) is 4.99 Å². The van der Waals surface area contributed by atoms with E-state index in [0.717, 1.165) is 37.6 Å². The molecular weight excluding hydrogens is 449 g/mol. The molecule has 146 valence electrons. The van der Waals surface area contributed by atoms with Crippen molar-refractivity contribution in [1.82, 2.24) is 10.2 Å². The lowest BCUT2D eigenvalue weighted by Gasteiger charge is -2.22. The Kier molecular flexibility index (Phi) is 9.07. The first-order valence-corrected chi connectivity index (χ1v) is 9.56. The smallest absolute Gasteiger partial charge is 0.194 e. The fourth-order valence-corrected chi connectivity index (χ4v) is 3.52. The second-order valence-corrected chi connectivity index (χ2v) is 6.88. The number of nitrogens with one attached hydrogen (secondary N) is 1. The lowest BCUT2D eigenvalue weighted by molar-refractivity contribution is 0.183. The molecule has 0 spiro atoms. The molecule has 1 saturated heterocycles. The van der Waals surface area contributed by atoms with Gasteiger partial charge in [0.15, 0.2) is 5.96 Å². The van der Waals surface area contributed by atoms with Gasteiger partial charge in [0.05, 0.1) is 12.6 Å². The first-order chi connectivity index (χ1) is 12.8. The maximum Gasteiger partial charge on any atom is 0.194 e. The standard InChI is InChI=1S/C22H29N3O.HI/c1-2-23-22(24-16-21(26)15-18-9-5-3-6-10-18)25-14-13-20(17-25)19-11-7-4-8-12-19;/h3-12,20-21,26H,2,13-17H2,1H3,(H,23,24);1H. The van der Waals surface area contributed by atoms with Crippen LogP contribution in [0, 0.1) is 0 Å². The summed E-state index contributed by atoms with van der Waals surface area (Å²) in [4.78, 5) is 7.02. The molecule has 0 bridgehead atoms. The van der Waals surface area contributed by atoms with Crippen LogP contribution in [0.2, 0.25) is 0 Å². The minimum atomic E-state index is -0.460. The molecule has 0 radical (unpaired) electrons. The van der Waals surface area contributed by atoms with Gasteiger partial charge in [-0.05, 0) is 24.5 Å². The van der Waals surface area contributed by atoms with Gasteiger partial charge in [0.1, 0.15) is 0 Å². The Hall–Kier alpha value is -1.60. The molecule has 27 heavy (non-hydrogen) atoms. The molecule has 4 nitrogen and oxygen atoms in total. The van der Waals surface area contributed by atoms with Crippen molar-refractivity contribution in [1.29, 1.82) is 0 Å². The zero-order valence-corrected chi connectivity index (χ0v) is 18.3. The van der Waals surface area contributed by atoms with Crippen molar-refractivity contribution in [2.24, 2.45) is 4.99 Å². The highest BCUT2D eigenvalue weighted by Gasteiger charge is 2.26. The maximum absolute atomic E-state index is 10.3. The number of hydrogen-bond donors (Lipinski definition) is 2. The van der Waals surface area contributed by atoms with Gasteiger partial charge in [0, 0.05) is 32.0 Å². The van der Waals surface area contributed by atoms with Crippen molar-refractivity contribution in [3.63, 3.8) is 0 Å². The van der Waals surface area contributed by atoms with Crippen LogP contribution in [0.15, 0.2) is 65.7 Å². The van der Waals surface area contributed by atoms with Crippen molar-refractivity contribution >= 4 is 29.9 Å². The van der Waals surface area contributed by atoms with Crippen LogP contribution in [0.4, 0.5) is 0 Å². The molecule has 1 fully saturated rings. The molecule has 0 amide bonds. The molecule has 2 aromatic carbocycles. The number of rotatable bonds is 6. The van der Waals surface area contributed by atoms with Gasteiger partial charge < -0.3 is 15.3 Å². The summed E-state index contributed by atoms with van der Waals surface area (Å²) >= 11 is 0. The van der Waals surface area contributed by atoms with Crippen LogP contribution in [-0.2, 0) is 6.42 Å². The molecule has 1 aliphatic rings. The maximum atomic E-state index is 10.3. The van der Waals surface area contributed by atoms with E-state index < -0.39 is 6.10 Å². The fraction of sp³-hybridized carbons (Fsp3) is 0.409. The number of likely N-dealkylation sites (tertiary alicyclic amines) is 1. The lowest BCUT2D eigenvalue weighted by Crippen LogP contribution is -2.40. The molecule has 3 rings (SSSR count). The number of halogens is 1. The Morgan fingerprint density at radius 1 is 1.15 bits per heavy atom. The highest BCUT2D eigenvalue weighted by Crippen LogP contribution is 2.26. The van der Waals surface area contributed by atoms with E-state index >= 15 is 0 Å². The van der Waals surface area contributed by atoms with E-state index in [1.54, 1.807) is 0 Å². The summed E-state index contributed by atoms with van der Waals surface area (Å²) in [6, 6.07) is 20.8. The number of aliphatic imine (C=N–C) groups is 1. The van der Waals surface area contributed by atoms with Crippen molar-refractivity contribution in [2.45, 2.75) is 31.8 Å². The zero-order valence-electron chi connectivity index (χ0n) is 15.9. The Labute approximate surface area is 179 Å². The van der Waals surface area contributed by atoms with Gasteiger partial charge in [0.2, 0.25) is 0 Å². The van der Waals surface area contributed by atoms with Crippen LogP contribution in [0.5, 0.6) is 0 Å². The monoisotopic (exact) mass is 479 g/mol. The van der Waals surface area contributed by atoms with Crippen molar-refractivity contribution < 1.29 is 5.11 Å². The van der Waals surface area contributed by atoms with Gasteiger partial charge in [-0.2, -0.15) is 0 Å². The molecule has 2 atom stereocenters.